The van der Waals surface area contributed by atoms with Crippen molar-refractivity contribution in [1.82, 2.24) is 15.5 Å². The van der Waals surface area contributed by atoms with E-state index < -0.39 is 0 Å². The van der Waals surface area contributed by atoms with Crippen LogP contribution < -0.4 is 5.32 Å². The molecule has 2 rings (SSSR count). The first-order chi connectivity index (χ1) is 7.42. The maximum absolute atomic E-state index is 5.31. The van der Waals surface area contributed by atoms with E-state index >= 15 is 0 Å². The number of H-pyrrole nitrogens is 1. The first-order valence-electron chi connectivity index (χ1n) is 5.75. The van der Waals surface area contributed by atoms with E-state index in [9.17, 15) is 0 Å². The van der Waals surface area contributed by atoms with Crippen LogP contribution in [0.5, 0.6) is 0 Å². The van der Waals surface area contributed by atoms with Crippen molar-refractivity contribution in [2.45, 2.75) is 32.2 Å². The quantitative estimate of drug-likeness (QED) is 0.721. The van der Waals surface area contributed by atoms with Crippen LogP contribution in [0.15, 0.2) is 6.20 Å². The van der Waals surface area contributed by atoms with Gasteiger partial charge in [-0.15, -0.1) is 0 Å². The lowest BCUT2D eigenvalue weighted by Gasteiger charge is -2.22. The lowest BCUT2D eigenvalue weighted by molar-refractivity contribution is 0.146. The number of rotatable bonds is 5. The van der Waals surface area contributed by atoms with E-state index in [1.807, 2.05) is 13.1 Å². The van der Waals surface area contributed by atoms with Crippen LogP contribution in [0, 0.1) is 0 Å². The molecule has 0 radical (unpaired) electrons. The van der Waals surface area contributed by atoms with Gasteiger partial charge in [0.1, 0.15) is 0 Å². The summed E-state index contributed by atoms with van der Waals surface area (Å²) >= 11 is 0. The maximum atomic E-state index is 5.31. The Morgan fingerprint density at radius 2 is 2.60 bits per heavy atom. The molecule has 84 valence electrons. The van der Waals surface area contributed by atoms with Crippen molar-refractivity contribution >= 4 is 0 Å². The summed E-state index contributed by atoms with van der Waals surface area (Å²) in [5.41, 5.74) is 2.65. The number of fused-ring (bicyclic) bond motifs is 1. The van der Waals surface area contributed by atoms with Crippen molar-refractivity contribution in [2.24, 2.45) is 0 Å². The summed E-state index contributed by atoms with van der Waals surface area (Å²) in [6.07, 6.45) is 5.56. The SMILES string of the molecule is CCOCCNC1CCCc2cn[nH]c21. The van der Waals surface area contributed by atoms with Crippen molar-refractivity contribution in [3.05, 3.63) is 17.5 Å². The predicted octanol–water partition coefficient (Wildman–Crippen LogP) is 1.41. The molecule has 0 amide bonds. The van der Waals surface area contributed by atoms with E-state index in [0.717, 1.165) is 26.2 Å². The number of hydrogen-bond donors (Lipinski definition) is 2. The fourth-order valence-corrected chi connectivity index (χ4v) is 2.12. The molecule has 1 unspecified atom stereocenters. The minimum absolute atomic E-state index is 0.441. The van der Waals surface area contributed by atoms with Crippen molar-refractivity contribution < 1.29 is 4.74 Å². The lowest BCUT2D eigenvalue weighted by Crippen LogP contribution is -2.28. The van der Waals surface area contributed by atoms with Crippen LogP contribution in [0.25, 0.3) is 0 Å². The summed E-state index contributed by atoms with van der Waals surface area (Å²) in [7, 11) is 0. The van der Waals surface area contributed by atoms with Gasteiger partial charge in [0.25, 0.3) is 0 Å². The Kier molecular flexibility index (Phi) is 3.75. The minimum atomic E-state index is 0.441. The molecule has 15 heavy (non-hydrogen) atoms. The highest BCUT2D eigenvalue weighted by Crippen LogP contribution is 2.27. The van der Waals surface area contributed by atoms with Gasteiger partial charge in [0.2, 0.25) is 0 Å². The third-order valence-corrected chi connectivity index (χ3v) is 2.88. The molecule has 4 heteroatoms. The molecule has 1 aliphatic carbocycles. The first kappa shape index (κ1) is 10.6. The van der Waals surface area contributed by atoms with Crippen LogP contribution in [0.3, 0.4) is 0 Å². The zero-order valence-corrected chi connectivity index (χ0v) is 9.25. The summed E-state index contributed by atoms with van der Waals surface area (Å²) in [5, 5.41) is 10.7. The highest BCUT2D eigenvalue weighted by molar-refractivity contribution is 5.22. The molecule has 0 bridgehead atoms. The largest absolute Gasteiger partial charge is 0.380 e. The molecule has 1 aromatic rings. The third-order valence-electron chi connectivity index (χ3n) is 2.88. The number of ether oxygens (including phenoxy) is 1. The summed E-state index contributed by atoms with van der Waals surface area (Å²) in [5.74, 6) is 0. The zero-order chi connectivity index (χ0) is 10.5. The molecule has 0 aliphatic heterocycles. The smallest absolute Gasteiger partial charge is 0.0590 e. The molecule has 0 saturated carbocycles. The van der Waals surface area contributed by atoms with Crippen LogP contribution in [0.1, 0.15) is 37.1 Å². The molecule has 1 aromatic heterocycles. The van der Waals surface area contributed by atoms with Gasteiger partial charge in [-0.25, -0.2) is 0 Å². The topological polar surface area (TPSA) is 49.9 Å². The third kappa shape index (κ3) is 2.58. The fourth-order valence-electron chi connectivity index (χ4n) is 2.12. The molecule has 0 aromatic carbocycles. The number of aromatic nitrogens is 2. The van der Waals surface area contributed by atoms with Crippen LogP contribution in [-0.2, 0) is 11.2 Å². The summed E-state index contributed by atoms with van der Waals surface area (Å²) in [6, 6.07) is 0.441. The number of nitrogens with one attached hydrogen (secondary N) is 2. The van der Waals surface area contributed by atoms with Crippen LogP contribution in [0.4, 0.5) is 0 Å². The number of aryl methyl sites for hydroxylation is 1. The fraction of sp³-hybridized carbons (Fsp3) is 0.727. The Bertz CT molecular complexity index is 298. The molecule has 4 nitrogen and oxygen atoms in total. The molecular weight excluding hydrogens is 190 g/mol. The summed E-state index contributed by atoms with van der Waals surface area (Å²) in [4.78, 5) is 0. The normalized spacial score (nSPS) is 20.2. The molecule has 1 atom stereocenters. The van der Waals surface area contributed by atoms with E-state index in [1.165, 1.54) is 24.1 Å². The van der Waals surface area contributed by atoms with Gasteiger partial charge < -0.3 is 10.1 Å². The average molecular weight is 209 g/mol. The Morgan fingerprint density at radius 3 is 3.47 bits per heavy atom. The van der Waals surface area contributed by atoms with Gasteiger partial charge in [-0.2, -0.15) is 5.10 Å². The van der Waals surface area contributed by atoms with Gasteiger partial charge in [-0.3, -0.25) is 5.10 Å². The monoisotopic (exact) mass is 209 g/mol. The minimum Gasteiger partial charge on any atom is -0.380 e. The Labute approximate surface area is 90.4 Å². The molecule has 0 saturated heterocycles. The Morgan fingerprint density at radius 1 is 1.67 bits per heavy atom. The highest BCUT2D eigenvalue weighted by atomic mass is 16.5. The Hall–Kier alpha value is -0.870. The van der Waals surface area contributed by atoms with Gasteiger partial charge in [-0.1, -0.05) is 0 Å². The van der Waals surface area contributed by atoms with Crippen LogP contribution >= 0.6 is 0 Å². The predicted molar refractivity (Wildman–Crippen MR) is 58.8 cm³/mol. The first-order valence-corrected chi connectivity index (χ1v) is 5.75. The molecule has 0 spiro atoms. The number of aromatic amines is 1. The highest BCUT2D eigenvalue weighted by Gasteiger charge is 2.20. The molecular formula is C11H19N3O. The Balaban J connectivity index is 1.84. The van der Waals surface area contributed by atoms with Gasteiger partial charge in [0.15, 0.2) is 0 Å². The van der Waals surface area contributed by atoms with Crippen LogP contribution in [0.2, 0.25) is 0 Å². The summed E-state index contributed by atoms with van der Waals surface area (Å²) in [6.45, 7) is 4.52. The van der Waals surface area contributed by atoms with E-state index in [-0.39, 0.29) is 0 Å². The van der Waals surface area contributed by atoms with Gasteiger partial charge in [0.05, 0.1) is 18.5 Å². The van der Waals surface area contributed by atoms with E-state index in [2.05, 4.69) is 15.5 Å². The van der Waals surface area contributed by atoms with Gasteiger partial charge in [-0.05, 0) is 31.7 Å². The van der Waals surface area contributed by atoms with Gasteiger partial charge >= 0.3 is 0 Å². The van der Waals surface area contributed by atoms with Crippen molar-refractivity contribution in [3.63, 3.8) is 0 Å². The summed E-state index contributed by atoms with van der Waals surface area (Å²) < 4.78 is 5.31. The molecule has 1 heterocycles. The average Bonchev–Trinajstić information content (AvgIpc) is 2.73. The second-order valence-corrected chi connectivity index (χ2v) is 3.90. The van der Waals surface area contributed by atoms with E-state index in [4.69, 9.17) is 4.74 Å². The number of hydrogen-bond acceptors (Lipinski definition) is 3. The standard InChI is InChI=1S/C11H19N3O/c1-2-15-7-6-12-10-5-3-4-9-8-13-14-11(9)10/h8,10,12H,2-7H2,1H3,(H,13,14). The zero-order valence-electron chi connectivity index (χ0n) is 9.25. The molecule has 2 N–H and O–H groups in total. The molecule has 0 fully saturated rings. The second kappa shape index (κ2) is 5.28. The van der Waals surface area contributed by atoms with Gasteiger partial charge in [0, 0.05) is 19.2 Å². The molecule has 1 aliphatic rings. The van der Waals surface area contributed by atoms with E-state index in [0.29, 0.717) is 6.04 Å². The van der Waals surface area contributed by atoms with E-state index in [1.54, 1.807) is 0 Å². The van der Waals surface area contributed by atoms with Crippen LogP contribution in [-0.4, -0.2) is 30.0 Å². The number of nitrogens with zero attached hydrogens (tertiary/aromatic N) is 1. The second-order valence-electron chi connectivity index (χ2n) is 3.90. The van der Waals surface area contributed by atoms with Crippen molar-refractivity contribution in [2.75, 3.05) is 19.8 Å². The maximum Gasteiger partial charge on any atom is 0.0590 e. The van der Waals surface area contributed by atoms with Crippen molar-refractivity contribution in [1.29, 1.82) is 0 Å². The lowest BCUT2D eigenvalue weighted by atomic mass is 9.94. The van der Waals surface area contributed by atoms with Crippen molar-refractivity contribution in [3.8, 4) is 0 Å².